The van der Waals surface area contributed by atoms with Gasteiger partial charge in [0.05, 0.1) is 12.6 Å². The van der Waals surface area contributed by atoms with Gasteiger partial charge in [-0.15, -0.1) is 0 Å². The van der Waals surface area contributed by atoms with Crippen molar-refractivity contribution in [2.75, 3.05) is 26.0 Å². The normalized spacial score (nSPS) is 16.0. The van der Waals surface area contributed by atoms with Crippen LogP contribution in [0.3, 0.4) is 0 Å². The largest absolute Gasteiger partial charge is 0.494 e. The Bertz CT molecular complexity index is 1030. The third-order valence-corrected chi connectivity index (χ3v) is 6.36. The molecule has 216 valence electrons. The molecule has 1 saturated heterocycles. The van der Waals surface area contributed by atoms with Gasteiger partial charge < -0.3 is 25.4 Å². The van der Waals surface area contributed by atoms with Crippen LogP contribution < -0.4 is 15.8 Å². The number of hydrogen-bond donors (Lipinski definition) is 3. The van der Waals surface area contributed by atoms with E-state index in [4.69, 9.17) is 15.2 Å². The second-order valence-corrected chi connectivity index (χ2v) is 10.7. The Balaban J connectivity index is 0.00000260. The van der Waals surface area contributed by atoms with Crippen LogP contribution in [0.25, 0.3) is 0 Å². The van der Waals surface area contributed by atoms with E-state index in [2.05, 4.69) is 17.9 Å². The Morgan fingerprint density at radius 3 is 2.59 bits per heavy atom. The summed E-state index contributed by atoms with van der Waals surface area (Å²) in [4.78, 5) is 26.5. The Kier molecular flexibility index (Phi) is 13.6. The lowest BCUT2D eigenvalue weighted by molar-refractivity contribution is -0.122. The first-order chi connectivity index (χ1) is 18.6. The summed E-state index contributed by atoms with van der Waals surface area (Å²) >= 11 is 3.53. The van der Waals surface area contributed by atoms with Crippen LogP contribution in [0.5, 0.6) is 5.75 Å². The number of carbonyl (C=O) groups is 2. The number of aryl methyl sites for hydroxylation is 1. The van der Waals surface area contributed by atoms with Crippen molar-refractivity contribution >= 4 is 24.6 Å². The van der Waals surface area contributed by atoms with Crippen LogP contribution >= 0.6 is 12.6 Å². The molecule has 0 bridgehead atoms. The second-order valence-electron chi connectivity index (χ2n) is 10.7. The molecular weight excluding hydrogens is 517 g/mol. The number of thiol groups is 1. The third kappa shape index (κ3) is 11.9. The lowest BCUT2D eigenvalue weighted by Gasteiger charge is -2.34. The van der Waals surface area contributed by atoms with Gasteiger partial charge in [-0.25, -0.2) is 9.18 Å². The van der Waals surface area contributed by atoms with Crippen molar-refractivity contribution in [2.45, 2.75) is 71.1 Å². The molecule has 2 unspecified atom stereocenters. The summed E-state index contributed by atoms with van der Waals surface area (Å²) in [6.07, 6.45) is 5.35. The summed E-state index contributed by atoms with van der Waals surface area (Å²) in [6, 6.07) is 13.7. The van der Waals surface area contributed by atoms with E-state index in [0.29, 0.717) is 49.8 Å². The summed E-state index contributed by atoms with van der Waals surface area (Å²) in [5.74, 6) is 0.135. The molecular formula is C30H44FN3O4S. The molecule has 2 atom stereocenters. The number of nitrogens with zero attached hydrogens (tertiary/aromatic N) is 1. The molecule has 1 aliphatic heterocycles. The van der Waals surface area contributed by atoms with Crippen LogP contribution in [0.2, 0.25) is 0 Å². The zero-order chi connectivity index (χ0) is 28.8. The Morgan fingerprint density at radius 1 is 1.18 bits per heavy atom. The minimum absolute atomic E-state index is 0.0361. The van der Waals surface area contributed by atoms with Crippen LogP contribution in [0.15, 0.2) is 48.5 Å². The maximum atomic E-state index is 14.4. The van der Waals surface area contributed by atoms with E-state index in [1.165, 1.54) is 6.07 Å². The minimum atomic E-state index is -0.668. The molecule has 0 spiro atoms. The van der Waals surface area contributed by atoms with E-state index in [0.717, 1.165) is 24.8 Å². The molecule has 1 heterocycles. The zero-order valence-electron chi connectivity index (χ0n) is 23.6. The van der Waals surface area contributed by atoms with Crippen molar-refractivity contribution in [3.63, 3.8) is 0 Å². The number of carbonyl (C=O) groups excluding carboxylic acids is 2. The predicted octanol–water partition coefficient (Wildman–Crippen LogP) is 5.36. The van der Waals surface area contributed by atoms with Crippen molar-refractivity contribution in [2.24, 2.45) is 11.7 Å². The van der Waals surface area contributed by atoms with Gasteiger partial charge in [0.2, 0.25) is 5.91 Å². The van der Waals surface area contributed by atoms with Crippen molar-refractivity contribution < 1.29 is 23.5 Å². The second kappa shape index (κ2) is 16.4. The first-order valence-corrected chi connectivity index (χ1v) is 14.4. The molecule has 7 nitrogen and oxygen atoms in total. The van der Waals surface area contributed by atoms with Gasteiger partial charge in [0.15, 0.2) is 0 Å². The fourth-order valence-electron chi connectivity index (χ4n) is 4.32. The first kappa shape index (κ1) is 32.4. The van der Waals surface area contributed by atoms with Gasteiger partial charge in [-0.05, 0) is 88.8 Å². The fraction of sp³-hybridized carbons (Fsp3) is 0.533. The van der Waals surface area contributed by atoms with Crippen molar-refractivity contribution in [3.05, 3.63) is 65.5 Å². The van der Waals surface area contributed by atoms with Gasteiger partial charge in [0.25, 0.3) is 0 Å². The molecule has 2 amide bonds. The Labute approximate surface area is 238 Å². The van der Waals surface area contributed by atoms with E-state index in [-0.39, 0.29) is 18.5 Å². The number of likely N-dealkylation sites (tertiary alicyclic amines) is 1. The van der Waals surface area contributed by atoms with Crippen LogP contribution in [-0.4, -0.2) is 54.5 Å². The van der Waals surface area contributed by atoms with Crippen LogP contribution in [-0.2, 0) is 22.5 Å². The number of hydrogen-bond acceptors (Lipinski definition) is 6. The van der Waals surface area contributed by atoms with Crippen molar-refractivity contribution in [3.8, 4) is 5.75 Å². The van der Waals surface area contributed by atoms with Gasteiger partial charge in [0, 0.05) is 25.2 Å². The standard InChI is InChI=1S/C29H40FN3O4.CH4S/c1-29(2,3)37-28(35)33-16-7-10-22(20-33)15-17-36-24-12-13-25(30)23(18-24)19-32-27(34)26(31)14-11-21-8-5-4-6-9-21;1-2/h4-6,8-9,12-13,18,22,26H,7,10-11,14-17,19-20,31H2,1-3H3,(H,32,34);2H,1H3. The zero-order valence-corrected chi connectivity index (χ0v) is 24.5. The average Bonchev–Trinajstić information content (AvgIpc) is 2.92. The van der Waals surface area contributed by atoms with Crippen molar-refractivity contribution in [1.29, 1.82) is 0 Å². The number of halogens is 1. The van der Waals surface area contributed by atoms with Gasteiger partial charge >= 0.3 is 6.09 Å². The van der Waals surface area contributed by atoms with E-state index >= 15 is 0 Å². The van der Waals surface area contributed by atoms with E-state index in [1.807, 2.05) is 51.1 Å². The number of amides is 2. The van der Waals surface area contributed by atoms with Gasteiger partial charge in [-0.3, -0.25) is 4.79 Å². The molecule has 2 aromatic carbocycles. The number of ether oxygens (including phenoxy) is 2. The Morgan fingerprint density at radius 2 is 1.90 bits per heavy atom. The lowest BCUT2D eigenvalue weighted by atomic mass is 9.95. The summed E-state index contributed by atoms with van der Waals surface area (Å²) in [7, 11) is 0. The summed E-state index contributed by atoms with van der Waals surface area (Å²) < 4.78 is 25.7. The van der Waals surface area contributed by atoms with Gasteiger partial charge in [-0.1, -0.05) is 30.3 Å². The highest BCUT2D eigenvalue weighted by atomic mass is 32.1. The third-order valence-electron chi connectivity index (χ3n) is 6.36. The smallest absolute Gasteiger partial charge is 0.410 e. The monoisotopic (exact) mass is 561 g/mol. The predicted molar refractivity (Wildman–Crippen MR) is 157 cm³/mol. The average molecular weight is 562 g/mol. The SMILES string of the molecule is CC(C)(C)OC(=O)N1CCCC(CCOc2ccc(F)c(CNC(=O)C(N)CCc3ccccc3)c2)C1.CS. The molecule has 0 aliphatic carbocycles. The lowest BCUT2D eigenvalue weighted by Crippen LogP contribution is -2.43. The van der Waals surface area contributed by atoms with E-state index < -0.39 is 17.5 Å². The number of piperidine rings is 1. The molecule has 3 N–H and O–H groups in total. The topological polar surface area (TPSA) is 93.9 Å². The quantitative estimate of drug-likeness (QED) is 0.340. The molecule has 1 fully saturated rings. The van der Waals surface area contributed by atoms with E-state index in [9.17, 15) is 14.0 Å². The number of rotatable bonds is 10. The Hall–Kier alpha value is -2.78. The molecule has 2 aromatic rings. The highest BCUT2D eigenvalue weighted by Crippen LogP contribution is 2.23. The summed E-state index contributed by atoms with van der Waals surface area (Å²) in [5.41, 5.74) is 6.98. The molecule has 9 heteroatoms. The highest BCUT2D eigenvalue weighted by molar-refractivity contribution is 7.79. The van der Waals surface area contributed by atoms with Gasteiger partial charge in [-0.2, -0.15) is 12.6 Å². The molecule has 0 radical (unpaired) electrons. The molecule has 0 aromatic heterocycles. The minimum Gasteiger partial charge on any atom is -0.494 e. The van der Waals surface area contributed by atoms with E-state index in [1.54, 1.807) is 23.3 Å². The number of benzene rings is 2. The summed E-state index contributed by atoms with van der Waals surface area (Å²) in [6.45, 7) is 7.43. The number of nitrogens with one attached hydrogen (secondary N) is 1. The maximum Gasteiger partial charge on any atom is 0.410 e. The van der Waals surface area contributed by atoms with Crippen LogP contribution in [0, 0.1) is 11.7 Å². The van der Waals surface area contributed by atoms with Gasteiger partial charge in [0.1, 0.15) is 17.2 Å². The number of nitrogens with two attached hydrogens (primary N) is 1. The summed E-state index contributed by atoms with van der Waals surface area (Å²) in [5, 5.41) is 2.73. The maximum absolute atomic E-state index is 14.4. The highest BCUT2D eigenvalue weighted by Gasteiger charge is 2.27. The first-order valence-electron chi connectivity index (χ1n) is 13.5. The van der Waals surface area contributed by atoms with Crippen LogP contribution in [0.4, 0.5) is 9.18 Å². The molecule has 0 saturated carbocycles. The van der Waals surface area contributed by atoms with Crippen molar-refractivity contribution in [1.82, 2.24) is 10.2 Å². The van der Waals surface area contributed by atoms with Crippen LogP contribution in [0.1, 0.15) is 57.6 Å². The molecule has 39 heavy (non-hydrogen) atoms. The molecule has 3 rings (SSSR count). The fourth-order valence-corrected chi connectivity index (χ4v) is 4.32. The molecule has 1 aliphatic rings.